The van der Waals surface area contributed by atoms with Crippen LogP contribution in [0.2, 0.25) is 0 Å². The molecule has 0 bridgehead atoms. The van der Waals surface area contributed by atoms with Crippen LogP contribution in [0.25, 0.3) is 0 Å². The SMILES string of the molecule is COC(=O)[C@H](CC(C)C)NC(=O)c1ccc(CNC(C)=O)cc1. The minimum Gasteiger partial charge on any atom is -0.467 e. The minimum atomic E-state index is -0.661. The number of benzene rings is 1. The van der Waals surface area contributed by atoms with Crippen LogP contribution >= 0.6 is 0 Å². The van der Waals surface area contributed by atoms with Gasteiger partial charge in [0.15, 0.2) is 0 Å². The molecule has 6 nitrogen and oxygen atoms in total. The van der Waals surface area contributed by atoms with E-state index in [0.717, 1.165) is 5.56 Å². The molecule has 0 aliphatic heterocycles. The summed E-state index contributed by atoms with van der Waals surface area (Å²) in [5, 5.41) is 5.39. The number of carbonyl (C=O) groups is 3. The van der Waals surface area contributed by atoms with Crippen molar-refractivity contribution in [3.05, 3.63) is 35.4 Å². The lowest BCUT2D eigenvalue weighted by atomic mass is 10.0. The Balaban J connectivity index is 2.71. The highest BCUT2D eigenvalue weighted by Gasteiger charge is 2.23. The first-order valence-electron chi connectivity index (χ1n) is 7.55. The zero-order valence-corrected chi connectivity index (χ0v) is 14.0. The zero-order chi connectivity index (χ0) is 17.4. The van der Waals surface area contributed by atoms with Gasteiger partial charge in [-0.3, -0.25) is 9.59 Å². The van der Waals surface area contributed by atoms with Gasteiger partial charge in [-0.2, -0.15) is 0 Å². The highest BCUT2D eigenvalue weighted by molar-refractivity contribution is 5.96. The Morgan fingerprint density at radius 1 is 1.13 bits per heavy atom. The molecule has 1 aromatic carbocycles. The molecule has 0 aromatic heterocycles. The van der Waals surface area contributed by atoms with Gasteiger partial charge >= 0.3 is 5.97 Å². The third kappa shape index (κ3) is 6.50. The number of nitrogens with one attached hydrogen (secondary N) is 2. The van der Waals surface area contributed by atoms with Gasteiger partial charge in [0, 0.05) is 19.0 Å². The predicted molar refractivity (Wildman–Crippen MR) is 86.7 cm³/mol. The van der Waals surface area contributed by atoms with E-state index in [2.05, 4.69) is 10.6 Å². The molecule has 0 unspecified atom stereocenters. The van der Waals surface area contributed by atoms with E-state index in [-0.39, 0.29) is 17.7 Å². The molecular formula is C17H24N2O4. The molecule has 1 atom stereocenters. The second-order valence-electron chi connectivity index (χ2n) is 5.79. The molecule has 1 rings (SSSR count). The molecule has 0 heterocycles. The van der Waals surface area contributed by atoms with Gasteiger partial charge in [0.25, 0.3) is 5.91 Å². The maximum absolute atomic E-state index is 12.2. The Kier molecular flexibility index (Phi) is 7.25. The maximum atomic E-state index is 12.2. The van der Waals surface area contributed by atoms with E-state index in [4.69, 9.17) is 4.74 Å². The minimum absolute atomic E-state index is 0.110. The summed E-state index contributed by atoms with van der Waals surface area (Å²) in [5.74, 6) is -0.637. The largest absolute Gasteiger partial charge is 0.467 e. The number of carbonyl (C=O) groups excluding carboxylic acids is 3. The number of ether oxygens (including phenoxy) is 1. The Bertz CT molecular complexity index is 552. The van der Waals surface area contributed by atoms with Crippen molar-refractivity contribution in [2.45, 2.75) is 39.8 Å². The second kappa shape index (κ2) is 8.92. The van der Waals surface area contributed by atoms with Crippen molar-refractivity contribution in [2.75, 3.05) is 7.11 Å². The molecule has 0 spiro atoms. The van der Waals surface area contributed by atoms with Crippen molar-refractivity contribution < 1.29 is 19.1 Å². The first-order valence-corrected chi connectivity index (χ1v) is 7.55. The van der Waals surface area contributed by atoms with E-state index < -0.39 is 12.0 Å². The van der Waals surface area contributed by atoms with Crippen LogP contribution in [0.4, 0.5) is 0 Å². The van der Waals surface area contributed by atoms with Gasteiger partial charge in [0.2, 0.25) is 5.91 Å². The van der Waals surface area contributed by atoms with Crippen LogP contribution in [0.1, 0.15) is 43.1 Å². The number of rotatable bonds is 7. The molecule has 0 saturated carbocycles. The van der Waals surface area contributed by atoms with E-state index >= 15 is 0 Å². The zero-order valence-electron chi connectivity index (χ0n) is 14.0. The molecule has 0 radical (unpaired) electrons. The lowest BCUT2D eigenvalue weighted by molar-refractivity contribution is -0.143. The second-order valence-corrected chi connectivity index (χ2v) is 5.79. The van der Waals surface area contributed by atoms with Gasteiger partial charge in [-0.15, -0.1) is 0 Å². The average Bonchev–Trinajstić information content (AvgIpc) is 2.51. The van der Waals surface area contributed by atoms with Gasteiger partial charge in [-0.05, 0) is 30.0 Å². The van der Waals surface area contributed by atoms with Gasteiger partial charge in [0.05, 0.1) is 7.11 Å². The number of amides is 2. The standard InChI is InChI=1S/C17H24N2O4/c1-11(2)9-15(17(22)23-4)19-16(21)14-7-5-13(6-8-14)10-18-12(3)20/h5-8,11,15H,9-10H2,1-4H3,(H,18,20)(H,19,21)/t15-/m0/s1. The van der Waals surface area contributed by atoms with E-state index in [9.17, 15) is 14.4 Å². The van der Waals surface area contributed by atoms with Gasteiger partial charge in [0.1, 0.15) is 6.04 Å². The summed E-state index contributed by atoms with van der Waals surface area (Å²) in [7, 11) is 1.30. The van der Waals surface area contributed by atoms with Gasteiger partial charge in [-0.1, -0.05) is 26.0 Å². The van der Waals surface area contributed by atoms with Crippen LogP contribution < -0.4 is 10.6 Å². The van der Waals surface area contributed by atoms with Crippen molar-refractivity contribution in [3.8, 4) is 0 Å². The van der Waals surface area contributed by atoms with Crippen LogP contribution in [0, 0.1) is 5.92 Å². The van der Waals surface area contributed by atoms with Crippen LogP contribution in [0.5, 0.6) is 0 Å². The molecule has 0 aliphatic rings. The predicted octanol–water partition coefficient (Wildman–Crippen LogP) is 1.64. The average molecular weight is 320 g/mol. The van der Waals surface area contributed by atoms with Crippen molar-refractivity contribution in [1.29, 1.82) is 0 Å². The van der Waals surface area contributed by atoms with Crippen molar-refractivity contribution >= 4 is 17.8 Å². The van der Waals surface area contributed by atoms with Crippen LogP contribution in [0.3, 0.4) is 0 Å². The lowest BCUT2D eigenvalue weighted by Gasteiger charge is -2.18. The third-order valence-corrected chi connectivity index (χ3v) is 3.26. The molecule has 126 valence electrons. The summed E-state index contributed by atoms with van der Waals surface area (Å²) in [5.41, 5.74) is 1.35. The first kappa shape index (κ1) is 18.7. The Morgan fingerprint density at radius 2 is 1.74 bits per heavy atom. The number of esters is 1. The molecule has 0 fully saturated rings. The summed E-state index contributed by atoms with van der Waals surface area (Å²) in [4.78, 5) is 34.9. The molecule has 1 aromatic rings. The molecular weight excluding hydrogens is 296 g/mol. The molecule has 0 saturated heterocycles. The summed E-state index contributed by atoms with van der Waals surface area (Å²) in [6.07, 6.45) is 0.513. The fourth-order valence-electron chi connectivity index (χ4n) is 2.07. The van der Waals surface area contributed by atoms with E-state index in [1.807, 2.05) is 13.8 Å². The summed E-state index contributed by atoms with van der Waals surface area (Å²) >= 11 is 0. The number of hydrogen-bond acceptors (Lipinski definition) is 4. The number of methoxy groups -OCH3 is 1. The molecule has 6 heteroatoms. The highest BCUT2D eigenvalue weighted by atomic mass is 16.5. The van der Waals surface area contributed by atoms with E-state index in [1.165, 1.54) is 14.0 Å². The molecule has 2 N–H and O–H groups in total. The molecule has 23 heavy (non-hydrogen) atoms. The highest BCUT2D eigenvalue weighted by Crippen LogP contribution is 2.09. The molecule has 2 amide bonds. The monoisotopic (exact) mass is 320 g/mol. The number of hydrogen-bond donors (Lipinski definition) is 2. The topological polar surface area (TPSA) is 84.5 Å². The molecule has 0 aliphatic carbocycles. The Hall–Kier alpha value is -2.37. The fourth-order valence-corrected chi connectivity index (χ4v) is 2.07. The summed E-state index contributed by atoms with van der Waals surface area (Å²) in [6, 6.07) is 6.19. The van der Waals surface area contributed by atoms with Crippen molar-refractivity contribution in [2.24, 2.45) is 5.92 Å². The van der Waals surface area contributed by atoms with E-state index in [0.29, 0.717) is 18.5 Å². The normalized spacial score (nSPS) is 11.7. The Morgan fingerprint density at radius 3 is 2.22 bits per heavy atom. The first-order chi connectivity index (χ1) is 10.8. The van der Waals surface area contributed by atoms with Gasteiger partial charge in [-0.25, -0.2) is 4.79 Å². The van der Waals surface area contributed by atoms with Crippen LogP contribution in [-0.4, -0.2) is 30.9 Å². The van der Waals surface area contributed by atoms with Gasteiger partial charge < -0.3 is 15.4 Å². The van der Waals surface area contributed by atoms with Crippen LogP contribution in [0.15, 0.2) is 24.3 Å². The van der Waals surface area contributed by atoms with E-state index in [1.54, 1.807) is 24.3 Å². The fraction of sp³-hybridized carbons (Fsp3) is 0.471. The lowest BCUT2D eigenvalue weighted by Crippen LogP contribution is -2.42. The Labute approximate surface area is 136 Å². The van der Waals surface area contributed by atoms with Crippen molar-refractivity contribution in [1.82, 2.24) is 10.6 Å². The van der Waals surface area contributed by atoms with Crippen molar-refractivity contribution in [3.63, 3.8) is 0 Å². The third-order valence-electron chi connectivity index (χ3n) is 3.26. The summed E-state index contributed by atoms with van der Waals surface area (Å²) in [6.45, 7) is 5.80. The quantitative estimate of drug-likeness (QED) is 0.748. The summed E-state index contributed by atoms with van der Waals surface area (Å²) < 4.78 is 4.73. The van der Waals surface area contributed by atoms with Crippen LogP contribution in [-0.2, 0) is 20.9 Å². The maximum Gasteiger partial charge on any atom is 0.328 e. The smallest absolute Gasteiger partial charge is 0.328 e.